The van der Waals surface area contributed by atoms with E-state index in [2.05, 4.69) is 31.3 Å². The number of anilines is 1. The van der Waals surface area contributed by atoms with Gasteiger partial charge in [-0.25, -0.2) is 9.37 Å². The highest BCUT2D eigenvalue weighted by Gasteiger charge is 2.12. The molecule has 0 saturated heterocycles. The first-order chi connectivity index (χ1) is 17.9. The van der Waals surface area contributed by atoms with Crippen molar-refractivity contribution in [3.05, 3.63) is 92.7 Å². The number of carbonyl (C=O) groups excluding carboxylic acids is 1. The van der Waals surface area contributed by atoms with Crippen LogP contribution in [0.5, 0.6) is 11.5 Å². The lowest BCUT2D eigenvalue weighted by Gasteiger charge is -2.12. The molecule has 0 fully saturated rings. The van der Waals surface area contributed by atoms with Crippen molar-refractivity contribution in [3.63, 3.8) is 0 Å². The molecule has 0 bridgehead atoms. The van der Waals surface area contributed by atoms with Crippen LogP contribution in [0.15, 0.2) is 75.0 Å². The molecular formula is C27H24BrFN4O4. The molecule has 4 rings (SSSR count). The molecule has 3 aromatic carbocycles. The third kappa shape index (κ3) is 6.39. The van der Waals surface area contributed by atoms with Gasteiger partial charge in [-0.2, -0.15) is 9.78 Å². The summed E-state index contributed by atoms with van der Waals surface area (Å²) in [5.74, 6) is 0.389. The molecular weight excluding hydrogens is 543 g/mol. The zero-order valence-corrected chi connectivity index (χ0v) is 21.8. The molecule has 0 aliphatic carbocycles. The second kappa shape index (κ2) is 11.8. The van der Waals surface area contributed by atoms with Crippen molar-refractivity contribution in [1.29, 1.82) is 0 Å². The Kier molecular flexibility index (Phi) is 8.29. The van der Waals surface area contributed by atoms with Crippen LogP contribution in [0.3, 0.4) is 0 Å². The van der Waals surface area contributed by atoms with Gasteiger partial charge in [0, 0.05) is 16.6 Å². The summed E-state index contributed by atoms with van der Waals surface area (Å²) < 4.78 is 26.4. The molecule has 1 heterocycles. The maximum atomic E-state index is 13.3. The molecule has 0 aliphatic heterocycles. The van der Waals surface area contributed by atoms with Gasteiger partial charge in [-0.3, -0.25) is 9.59 Å². The number of ether oxygens (including phenoxy) is 2. The maximum Gasteiger partial charge on any atom is 0.282 e. The standard InChI is InChI=1S/C27H24BrFN4O4/c1-3-5-25-32-22-10-9-18(28)13-21(22)27(35)33(25)30-15-17-8-11-23(24(12-17)36-2)37-16-26(34)31-20-7-4-6-19(29)14-20/h4,6-15H,3,5,16H2,1-2H3,(H,31,34). The lowest BCUT2D eigenvalue weighted by molar-refractivity contribution is -0.118. The number of rotatable bonds is 9. The number of fused-ring (bicyclic) bond motifs is 1. The summed E-state index contributed by atoms with van der Waals surface area (Å²) in [6.07, 6.45) is 2.93. The Balaban J connectivity index is 1.53. The van der Waals surface area contributed by atoms with Gasteiger partial charge in [0.1, 0.15) is 11.6 Å². The molecule has 4 aromatic rings. The Morgan fingerprint density at radius 1 is 1.16 bits per heavy atom. The SMILES string of the molecule is CCCc1nc2ccc(Br)cc2c(=O)n1N=Cc1ccc(OCC(=O)Nc2cccc(F)c2)c(OC)c1. The minimum absolute atomic E-state index is 0.262. The zero-order chi connectivity index (χ0) is 26.4. The van der Waals surface area contributed by atoms with Crippen molar-refractivity contribution < 1.29 is 18.7 Å². The second-order valence-electron chi connectivity index (χ2n) is 8.06. The quantitative estimate of drug-likeness (QED) is 0.282. The molecule has 190 valence electrons. The highest BCUT2D eigenvalue weighted by atomic mass is 79.9. The van der Waals surface area contributed by atoms with E-state index in [9.17, 15) is 14.0 Å². The van der Waals surface area contributed by atoms with E-state index in [0.717, 1.165) is 10.9 Å². The van der Waals surface area contributed by atoms with Crippen molar-refractivity contribution in [2.75, 3.05) is 19.0 Å². The van der Waals surface area contributed by atoms with E-state index >= 15 is 0 Å². The van der Waals surface area contributed by atoms with Gasteiger partial charge in [-0.15, -0.1) is 0 Å². The second-order valence-corrected chi connectivity index (χ2v) is 8.97. The van der Waals surface area contributed by atoms with Crippen molar-refractivity contribution in [3.8, 4) is 11.5 Å². The molecule has 0 atom stereocenters. The number of aromatic nitrogens is 2. The van der Waals surface area contributed by atoms with E-state index < -0.39 is 11.7 Å². The topological polar surface area (TPSA) is 94.8 Å². The number of carbonyl (C=O) groups is 1. The molecule has 0 spiro atoms. The van der Waals surface area contributed by atoms with Crippen LogP contribution in [0.25, 0.3) is 10.9 Å². The fourth-order valence-corrected chi connectivity index (χ4v) is 3.98. The fraction of sp³-hybridized carbons (Fsp3) is 0.185. The van der Waals surface area contributed by atoms with E-state index in [1.165, 1.54) is 36.2 Å². The van der Waals surface area contributed by atoms with Gasteiger partial charge in [-0.1, -0.05) is 28.9 Å². The summed E-state index contributed by atoms with van der Waals surface area (Å²) in [6.45, 7) is 1.71. The maximum absolute atomic E-state index is 13.3. The predicted octanol–water partition coefficient (Wildman–Crippen LogP) is 5.16. The van der Waals surface area contributed by atoms with E-state index in [4.69, 9.17) is 9.47 Å². The smallest absolute Gasteiger partial charge is 0.282 e. The lowest BCUT2D eigenvalue weighted by Crippen LogP contribution is -2.22. The van der Waals surface area contributed by atoms with Crippen LogP contribution >= 0.6 is 15.9 Å². The number of benzene rings is 3. The van der Waals surface area contributed by atoms with Crippen molar-refractivity contribution in [2.24, 2.45) is 5.10 Å². The Morgan fingerprint density at radius 3 is 2.76 bits per heavy atom. The van der Waals surface area contributed by atoms with E-state index in [1.807, 2.05) is 13.0 Å². The number of nitrogens with zero attached hydrogens (tertiary/aromatic N) is 3. The highest BCUT2D eigenvalue weighted by molar-refractivity contribution is 9.10. The number of nitrogens with one attached hydrogen (secondary N) is 1. The monoisotopic (exact) mass is 566 g/mol. The van der Waals surface area contributed by atoms with Crippen LogP contribution in [0, 0.1) is 5.82 Å². The first-order valence-corrected chi connectivity index (χ1v) is 12.3. The predicted molar refractivity (Wildman–Crippen MR) is 144 cm³/mol. The average Bonchev–Trinajstić information content (AvgIpc) is 2.88. The van der Waals surface area contributed by atoms with Crippen molar-refractivity contribution >= 4 is 44.6 Å². The van der Waals surface area contributed by atoms with Gasteiger partial charge in [0.05, 0.1) is 24.2 Å². The average molecular weight is 567 g/mol. The highest BCUT2D eigenvalue weighted by Crippen LogP contribution is 2.27. The summed E-state index contributed by atoms with van der Waals surface area (Å²) in [5, 5.41) is 7.45. The molecule has 0 aliphatic rings. The molecule has 0 unspecified atom stereocenters. The molecule has 8 nitrogen and oxygen atoms in total. The first kappa shape index (κ1) is 26.0. The Hall–Kier alpha value is -4.05. The van der Waals surface area contributed by atoms with Gasteiger partial charge in [0.15, 0.2) is 18.1 Å². The number of aryl methyl sites for hydroxylation is 1. The number of methoxy groups -OCH3 is 1. The molecule has 1 amide bonds. The number of halogens is 2. The minimum Gasteiger partial charge on any atom is -0.493 e. The summed E-state index contributed by atoms with van der Waals surface area (Å²) in [4.78, 5) is 30.0. The Bertz CT molecular complexity index is 1540. The first-order valence-electron chi connectivity index (χ1n) is 11.5. The molecule has 10 heteroatoms. The minimum atomic E-state index is -0.450. The van der Waals surface area contributed by atoms with E-state index in [0.29, 0.717) is 45.9 Å². The molecule has 1 aromatic heterocycles. The summed E-state index contributed by atoms with van der Waals surface area (Å²) >= 11 is 3.40. The van der Waals surface area contributed by atoms with Gasteiger partial charge in [0.2, 0.25) is 0 Å². The van der Waals surface area contributed by atoms with Crippen LogP contribution in [-0.2, 0) is 11.2 Å². The summed E-state index contributed by atoms with van der Waals surface area (Å²) in [5.41, 5.74) is 1.34. The summed E-state index contributed by atoms with van der Waals surface area (Å²) in [6, 6.07) is 16.0. The van der Waals surface area contributed by atoms with Crippen LogP contribution in [0.1, 0.15) is 24.7 Å². The van der Waals surface area contributed by atoms with Crippen molar-refractivity contribution in [2.45, 2.75) is 19.8 Å². The fourth-order valence-electron chi connectivity index (χ4n) is 3.61. The zero-order valence-electron chi connectivity index (χ0n) is 20.2. The lowest BCUT2D eigenvalue weighted by atomic mass is 10.2. The van der Waals surface area contributed by atoms with Gasteiger partial charge in [-0.05, 0) is 66.6 Å². The van der Waals surface area contributed by atoms with Gasteiger partial charge in [0.25, 0.3) is 11.5 Å². The van der Waals surface area contributed by atoms with Crippen molar-refractivity contribution in [1.82, 2.24) is 9.66 Å². The van der Waals surface area contributed by atoms with Crippen LogP contribution < -0.4 is 20.3 Å². The van der Waals surface area contributed by atoms with Crippen LogP contribution in [-0.4, -0.2) is 35.5 Å². The Morgan fingerprint density at radius 2 is 2.00 bits per heavy atom. The largest absolute Gasteiger partial charge is 0.493 e. The number of hydrogen-bond donors (Lipinski definition) is 1. The number of amides is 1. The molecule has 0 saturated carbocycles. The third-order valence-corrected chi connectivity index (χ3v) is 5.82. The molecule has 1 N–H and O–H groups in total. The van der Waals surface area contributed by atoms with Gasteiger partial charge < -0.3 is 14.8 Å². The third-order valence-electron chi connectivity index (χ3n) is 5.33. The van der Waals surface area contributed by atoms with E-state index in [-0.39, 0.29) is 12.2 Å². The molecule has 0 radical (unpaired) electrons. The van der Waals surface area contributed by atoms with Crippen LogP contribution in [0.4, 0.5) is 10.1 Å². The van der Waals surface area contributed by atoms with E-state index in [1.54, 1.807) is 36.4 Å². The van der Waals surface area contributed by atoms with Crippen LogP contribution in [0.2, 0.25) is 0 Å². The Labute approximate surface area is 220 Å². The molecule has 37 heavy (non-hydrogen) atoms. The van der Waals surface area contributed by atoms with Gasteiger partial charge >= 0.3 is 0 Å². The number of hydrogen-bond acceptors (Lipinski definition) is 6. The summed E-state index contributed by atoms with van der Waals surface area (Å²) in [7, 11) is 1.48. The normalized spacial score (nSPS) is 11.1.